The first-order valence-electron chi connectivity index (χ1n) is 6.45. The lowest BCUT2D eigenvalue weighted by atomic mass is 10.2. The van der Waals surface area contributed by atoms with E-state index in [2.05, 4.69) is 4.98 Å². The van der Waals surface area contributed by atoms with Crippen LogP contribution in [0.2, 0.25) is 0 Å². The summed E-state index contributed by atoms with van der Waals surface area (Å²) >= 11 is 0. The van der Waals surface area contributed by atoms with Gasteiger partial charge in [-0.05, 0) is 25.1 Å². The highest BCUT2D eigenvalue weighted by atomic mass is 19.4. The van der Waals surface area contributed by atoms with E-state index in [-0.39, 0.29) is 5.92 Å². The van der Waals surface area contributed by atoms with Gasteiger partial charge >= 0.3 is 6.18 Å². The molecule has 3 nitrogen and oxygen atoms in total. The molecule has 0 saturated heterocycles. The molecule has 110 valence electrons. The molecule has 1 N–H and O–H groups in total. The minimum Gasteiger partial charge on any atom is -0.392 e. The second-order valence-electron chi connectivity index (χ2n) is 5.29. The van der Waals surface area contributed by atoms with Crippen molar-refractivity contribution in [1.82, 2.24) is 9.55 Å². The third kappa shape index (κ3) is 2.80. The molecular weight excluding hydrogens is 269 g/mol. The number of fused-ring (bicyclic) bond motifs is 1. The average molecular weight is 286 g/mol. The highest BCUT2D eigenvalue weighted by Gasteiger charge is 2.31. The summed E-state index contributed by atoms with van der Waals surface area (Å²) in [5.41, 5.74) is 0.216. The van der Waals surface area contributed by atoms with Crippen molar-refractivity contribution in [3.63, 3.8) is 0 Å². The number of aromatic nitrogens is 2. The molecular formula is C14H17F3N2O. The van der Waals surface area contributed by atoms with Gasteiger partial charge in [0.15, 0.2) is 0 Å². The van der Waals surface area contributed by atoms with Gasteiger partial charge in [0.2, 0.25) is 0 Å². The molecule has 20 heavy (non-hydrogen) atoms. The highest BCUT2D eigenvalue weighted by Crippen LogP contribution is 2.32. The minimum atomic E-state index is -4.37. The van der Waals surface area contributed by atoms with E-state index in [1.54, 1.807) is 11.5 Å². The lowest BCUT2D eigenvalue weighted by Gasteiger charge is -2.13. The van der Waals surface area contributed by atoms with Crippen molar-refractivity contribution < 1.29 is 18.3 Å². The number of halogens is 3. The summed E-state index contributed by atoms with van der Waals surface area (Å²) in [6.45, 7) is 5.80. The van der Waals surface area contributed by atoms with Gasteiger partial charge in [-0.3, -0.25) is 0 Å². The molecule has 0 amide bonds. The first kappa shape index (κ1) is 14.8. The smallest absolute Gasteiger partial charge is 0.392 e. The molecule has 0 aliphatic rings. The molecule has 0 aliphatic carbocycles. The van der Waals surface area contributed by atoms with Gasteiger partial charge in [0.1, 0.15) is 5.82 Å². The Kier molecular flexibility index (Phi) is 3.77. The summed E-state index contributed by atoms with van der Waals surface area (Å²) in [6, 6.07) is 3.52. The van der Waals surface area contributed by atoms with Crippen molar-refractivity contribution >= 4 is 11.0 Å². The molecule has 1 unspecified atom stereocenters. The molecule has 2 aromatic rings. The molecule has 2 rings (SSSR count). The number of nitrogens with zero attached hydrogens (tertiary/aromatic N) is 2. The lowest BCUT2D eigenvalue weighted by molar-refractivity contribution is -0.137. The van der Waals surface area contributed by atoms with Crippen LogP contribution < -0.4 is 0 Å². The first-order chi connectivity index (χ1) is 9.20. The topological polar surface area (TPSA) is 38.0 Å². The minimum absolute atomic E-state index is 0.0653. The molecule has 1 aromatic heterocycles. The third-order valence-electron chi connectivity index (χ3n) is 3.07. The average Bonchev–Trinajstić information content (AvgIpc) is 2.65. The fraction of sp³-hybridized carbons (Fsp3) is 0.500. The van der Waals surface area contributed by atoms with Crippen LogP contribution in [0.3, 0.4) is 0 Å². The van der Waals surface area contributed by atoms with Crippen LogP contribution in [-0.2, 0) is 12.7 Å². The lowest BCUT2D eigenvalue weighted by Crippen LogP contribution is -2.15. The van der Waals surface area contributed by atoms with Gasteiger partial charge in [-0.25, -0.2) is 4.98 Å². The molecule has 0 aliphatic heterocycles. The zero-order valence-electron chi connectivity index (χ0n) is 11.6. The number of imidazole rings is 1. The Hall–Kier alpha value is -1.56. The standard InChI is InChI=1S/C14H17F3N2O/c1-8(2)13-18-11-6-10(14(15,16)17)4-5-12(11)19(13)7-9(3)20/h4-6,8-9,20H,7H2,1-3H3. The van der Waals surface area contributed by atoms with Gasteiger partial charge in [0, 0.05) is 5.92 Å². The Bertz CT molecular complexity index is 615. The number of benzene rings is 1. The Balaban J connectivity index is 2.61. The largest absolute Gasteiger partial charge is 0.416 e. The van der Waals surface area contributed by atoms with Crippen LogP contribution in [0.5, 0.6) is 0 Å². The second-order valence-corrected chi connectivity index (χ2v) is 5.29. The predicted molar refractivity (Wildman–Crippen MR) is 70.5 cm³/mol. The highest BCUT2D eigenvalue weighted by molar-refractivity contribution is 5.77. The first-order valence-corrected chi connectivity index (χ1v) is 6.45. The number of hydrogen-bond acceptors (Lipinski definition) is 2. The maximum Gasteiger partial charge on any atom is 0.416 e. The van der Waals surface area contributed by atoms with Crippen LogP contribution in [-0.4, -0.2) is 20.8 Å². The van der Waals surface area contributed by atoms with Crippen molar-refractivity contribution in [1.29, 1.82) is 0 Å². The molecule has 1 aromatic carbocycles. The van der Waals surface area contributed by atoms with Gasteiger partial charge in [0.25, 0.3) is 0 Å². The molecule has 0 spiro atoms. The number of aliphatic hydroxyl groups excluding tert-OH is 1. The summed E-state index contributed by atoms with van der Waals surface area (Å²) < 4.78 is 39.9. The van der Waals surface area contributed by atoms with Crippen LogP contribution >= 0.6 is 0 Å². The van der Waals surface area contributed by atoms with Gasteiger partial charge in [-0.2, -0.15) is 13.2 Å². The Morgan fingerprint density at radius 1 is 1.25 bits per heavy atom. The summed E-state index contributed by atoms with van der Waals surface area (Å²) in [5, 5.41) is 9.55. The summed E-state index contributed by atoms with van der Waals surface area (Å²) in [6.07, 6.45) is -4.97. The summed E-state index contributed by atoms with van der Waals surface area (Å²) in [4.78, 5) is 4.29. The van der Waals surface area contributed by atoms with Crippen LogP contribution in [0.4, 0.5) is 13.2 Å². The van der Waals surface area contributed by atoms with Gasteiger partial charge in [-0.1, -0.05) is 13.8 Å². The van der Waals surface area contributed by atoms with Crippen molar-refractivity contribution in [2.75, 3.05) is 0 Å². The molecule has 0 saturated carbocycles. The zero-order chi connectivity index (χ0) is 15.1. The monoisotopic (exact) mass is 286 g/mol. The normalized spacial score (nSPS) is 14.2. The van der Waals surface area contributed by atoms with Crippen molar-refractivity contribution in [3.05, 3.63) is 29.6 Å². The number of alkyl halides is 3. The quantitative estimate of drug-likeness (QED) is 0.937. The van der Waals surface area contributed by atoms with Gasteiger partial charge in [0.05, 0.1) is 29.2 Å². The summed E-state index contributed by atoms with van der Waals surface area (Å²) in [5.74, 6) is 0.746. The molecule has 1 atom stereocenters. The van der Waals surface area contributed by atoms with E-state index < -0.39 is 17.8 Å². The Labute approximate surface area is 115 Å². The molecule has 6 heteroatoms. The van der Waals surface area contributed by atoms with Crippen molar-refractivity contribution in [2.45, 2.75) is 45.5 Å². The molecule has 0 fully saturated rings. The predicted octanol–water partition coefficient (Wildman–Crippen LogP) is 3.56. The zero-order valence-corrected chi connectivity index (χ0v) is 11.6. The van der Waals surface area contributed by atoms with Crippen molar-refractivity contribution in [2.24, 2.45) is 0 Å². The van der Waals surface area contributed by atoms with Crippen LogP contribution in [0, 0.1) is 0 Å². The SMILES string of the molecule is CC(O)Cn1c(C(C)C)nc2cc(C(F)(F)F)ccc21. The maximum absolute atomic E-state index is 12.7. The van der Waals surface area contributed by atoms with Gasteiger partial charge < -0.3 is 9.67 Å². The van der Waals surface area contributed by atoms with Crippen molar-refractivity contribution in [3.8, 4) is 0 Å². The van der Waals surface area contributed by atoms with Crippen LogP contribution in [0.1, 0.15) is 38.1 Å². The Morgan fingerprint density at radius 2 is 1.90 bits per heavy atom. The number of aliphatic hydroxyl groups is 1. The molecule has 0 bridgehead atoms. The summed E-state index contributed by atoms with van der Waals surface area (Å²) in [7, 11) is 0. The molecule has 0 radical (unpaired) electrons. The van der Waals surface area contributed by atoms with E-state index in [1.807, 2.05) is 13.8 Å². The van der Waals surface area contributed by atoms with E-state index in [0.29, 0.717) is 23.4 Å². The second kappa shape index (κ2) is 5.09. The van der Waals surface area contributed by atoms with Crippen LogP contribution in [0.15, 0.2) is 18.2 Å². The fourth-order valence-corrected chi connectivity index (χ4v) is 2.22. The van der Waals surface area contributed by atoms with E-state index in [4.69, 9.17) is 0 Å². The number of rotatable bonds is 3. The van der Waals surface area contributed by atoms with E-state index in [1.165, 1.54) is 6.07 Å². The Morgan fingerprint density at radius 3 is 2.40 bits per heavy atom. The van der Waals surface area contributed by atoms with E-state index in [9.17, 15) is 18.3 Å². The maximum atomic E-state index is 12.7. The van der Waals surface area contributed by atoms with E-state index in [0.717, 1.165) is 12.1 Å². The fourth-order valence-electron chi connectivity index (χ4n) is 2.22. The molecule has 1 heterocycles. The van der Waals surface area contributed by atoms with E-state index >= 15 is 0 Å². The third-order valence-corrected chi connectivity index (χ3v) is 3.07. The van der Waals surface area contributed by atoms with Gasteiger partial charge in [-0.15, -0.1) is 0 Å². The number of hydrogen-bond donors (Lipinski definition) is 1. The van der Waals surface area contributed by atoms with Crippen LogP contribution in [0.25, 0.3) is 11.0 Å².